The summed E-state index contributed by atoms with van der Waals surface area (Å²) in [5, 5.41) is 3.38. The summed E-state index contributed by atoms with van der Waals surface area (Å²) in [7, 11) is 1.43. The summed E-state index contributed by atoms with van der Waals surface area (Å²) in [6.45, 7) is 1.91. The number of nitrogens with one attached hydrogen (secondary N) is 1. The van der Waals surface area contributed by atoms with E-state index in [1.54, 1.807) is 17.8 Å². The molecule has 2 rings (SSSR count). The number of benzene rings is 1. The van der Waals surface area contributed by atoms with Gasteiger partial charge in [0.1, 0.15) is 11.4 Å². The number of ether oxygens (including phenoxy) is 1. The third-order valence-corrected chi connectivity index (χ3v) is 4.70. The van der Waals surface area contributed by atoms with Crippen molar-refractivity contribution < 1.29 is 13.9 Å². The number of rotatable bonds is 8. The Labute approximate surface area is 129 Å². The van der Waals surface area contributed by atoms with Gasteiger partial charge in [-0.25, -0.2) is 4.39 Å². The van der Waals surface area contributed by atoms with E-state index in [4.69, 9.17) is 4.74 Å². The van der Waals surface area contributed by atoms with Crippen molar-refractivity contribution >= 4 is 17.7 Å². The Morgan fingerprint density at radius 1 is 1.52 bits per heavy atom. The molecule has 1 unspecified atom stereocenters. The maximum Gasteiger partial charge on any atom is 0.325 e. The van der Waals surface area contributed by atoms with Gasteiger partial charge in [-0.1, -0.05) is 6.07 Å². The number of carbonyl (C=O) groups excluding carboxylic acids is 1. The Bertz CT molecular complexity index is 493. The van der Waals surface area contributed by atoms with Gasteiger partial charge in [0.05, 0.1) is 7.11 Å². The molecule has 1 atom stereocenters. The van der Waals surface area contributed by atoms with Crippen molar-refractivity contribution in [1.82, 2.24) is 5.32 Å². The lowest BCUT2D eigenvalue weighted by Gasteiger charge is -2.28. The molecule has 1 saturated carbocycles. The van der Waals surface area contributed by atoms with Crippen LogP contribution in [0.1, 0.15) is 32.6 Å². The predicted octanol–water partition coefficient (Wildman–Crippen LogP) is 3.38. The van der Waals surface area contributed by atoms with Crippen LogP contribution < -0.4 is 5.32 Å². The lowest BCUT2D eigenvalue weighted by atomic mass is 9.96. The van der Waals surface area contributed by atoms with E-state index in [2.05, 4.69) is 5.32 Å². The molecule has 21 heavy (non-hydrogen) atoms. The average Bonchev–Trinajstić information content (AvgIpc) is 3.26. The topological polar surface area (TPSA) is 38.3 Å². The van der Waals surface area contributed by atoms with Crippen molar-refractivity contribution in [3.05, 3.63) is 30.1 Å². The number of hydrogen-bond acceptors (Lipinski definition) is 4. The summed E-state index contributed by atoms with van der Waals surface area (Å²) in [6.07, 6.45) is 3.85. The molecule has 3 nitrogen and oxygen atoms in total. The van der Waals surface area contributed by atoms with Gasteiger partial charge < -0.3 is 4.74 Å². The van der Waals surface area contributed by atoms with Gasteiger partial charge in [-0.05, 0) is 56.6 Å². The molecule has 0 aromatic heterocycles. The number of esters is 1. The van der Waals surface area contributed by atoms with Gasteiger partial charge in [-0.3, -0.25) is 10.1 Å². The number of carbonyl (C=O) groups is 1. The fraction of sp³-hybridized carbons (Fsp3) is 0.562. The van der Waals surface area contributed by atoms with E-state index in [9.17, 15) is 9.18 Å². The smallest absolute Gasteiger partial charge is 0.325 e. The molecule has 1 N–H and O–H groups in total. The van der Waals surface area contributed by atoms with Crippen LogP contribution in [0, 0.1) is 5.82 Å². The molecule has 0 aliphatic heterocycles. The Morgan fingerprint density at radius 3 is 2.90 bits per heavy atom. The molecule has 116 valence electrons. The average molecular weight is 311 g/mol. The van der Waals surface area contributed by atoms with Crippen LogP contribution in [0.15, 0.2) is 29.2 Å². The van der Waals surface area contributed by atoms with E-state index < -0.39 is 5.54 Å². The first-order valence-corrected chi connectivity index (χ1v) is 8.26. The third kappa shape index (κ3) is 5.00. The normalized spacial score (nSPS) is 17.3. The Morgan fingerprint density at radius 2 is 2.29 bits per heavy atom. The minimum atomic E-state index is -0.613. The van der Waals surface area contributed by atoms with Crippen LogP contribution >= 0.6 is 11.8 Å². The minimum Gasteiger partial charge on any atom is -0.468 e. The third-order valence-electron chi connectivity index (χ3n) is 3.62. The van der Waals surface area contributed by atoms with E-state index in [1.165, 1.54) is 19.2 Å². The first-order chi connectivity index (χ1) is 10.0. The highest BCUT2D eigenvalue weighted by molar-refractivity contribution is 7.99. The summed E-state index contributed by atoms with van der Waals surface area (Å²) in [5.41, 5.74) is -0.613. The summed E-state index contributed by atoms with van der Waals surface area (Å²) in [6, 6.07) is 7.04. The first-order valence-electron chi connectivity index (χ1n) is 7.28. The summed E-state index contributed by atoms with van der Waals surface area (Å²) in [4.78, 5) is 12.9. The zero-order valence-electron chi connectivity index (χ0n) is 12.5. The monoisotopic (exact) mass is 311 g/mol. The van der Waals surface area contributed by atoms with Gasteiger partial charge in [0.15, 0.2) is 0 Å². The molecular weight excluding hydrogens is 289 g/mol. The molecular formula is C16H22FNO2S. The van der Waals surface area contributed by atoms with Crippen LogP contribution in [0.4, 0.5) is 4.39 Å². The van der Waals surface area contributed by atoms with E-state index in [-0.39, 0.29) is 11.8 Å². The molecule has 0 saturated heterocycles. The molecule has 0 radical (unpaired) electrons. The maximum atomic E-state index is 13.1. The van der Waals surface area contributed by atoms with Crippen molar-refractivity contribution in [3.63, 3.8) is 0 Å². The number of thioether (sulfide) groups is 1. The second-order valence-corrected chi connectivity index (χ2v) is 6.82. The van der Waals surface area contributed by atoms with Gasteiger partial charge in [-0.2, -0.15) is 0 Å². The van der Waals surface area contributed by atoms with Crippen LogP contribution in [0.5, 0.6) is 0 Å². The lowest BCUT2D eigenvalue weighted by Crippen LogP contribution is -2.51. The van der Waals surface area contributed by atoms with Crippen LogP contribution in [0.3, 0.4) is 0 Å². The Kier molecular flexibility index (Phi) is 5.65. The molecule has 0 spiro atoms. The van der Waals surface area contributed by atoms with Crippen LogP contribution in [0.2, 0.25) is 0 Å². The number of methoxy groups -OCH3 is 1. The number of hydrogen-bond donors (Lipinski definition) is 1. The molecule has 1 aromatic carbocycles. The van der Waals surface area contributed by atoms with Crippen molar-refractivity contribution in [1.29, 1.82) is 0 Å². The summed E-state index contributed by atoms with van der Waals surface area (Å²) in [5.74, 6) is 0.433. The molecule has 1 aliphatic rings. The Hall–Kier alpha value is -1.07. The standard InChI is InChI=1S/C16H22FNO2S/c1-16(15(19)20-2,18-13-7-8-13)9-4-10-21-14-6-3-5-12(17)11-14/h3,5-6,11,13,18H,4,7-10H2,1-2H3. The van der Waals surface area contributed by atoms with Gasteiger partial charge in [0, 0.05) is 10.9 Å². The molecule has 0 amide bonds. The van der Waals surface area contributed by atoms with E-state index >= 15 is 0 Å². The molecule has 1 aromatic rings. The van der Waals surface area contributed by atoms with Gasteiger partial charge in [-0.15, -0.1) is 11.8 Å². The van der Waals surface area contributed by atoms with E-state index in [1.807, 2.05) is 13.0 Å². The van der Waals surface area contributed by atoms with Crippen molar-refractivity contribution in [2.24, 2.45) is 0 Å². The second kappa shape index (κ2) is 7.27. The van der Waals surface area contributed by atoms with Crippen molar-refractivity contribution in [2.75, 3.05) is 12.9 Å². The van der Waals surface area contributed by atoms with Gasteiger partial charge in [0.25, 0.3) is 0 Å². The second-order valence-electron chi connectivity index (χ2n) is 5.65. The molecule has 5 heteroatoms. The largest absolute Gasteiger partial charge is 0.468 e. The minimum absolute atomic E-state index is 0.204. The SMILES string of the molecule is COC(=O)C(C)(CCCSc1cccc(F)c1)NC1CC1. The van der Waals surface area contributed by atoms with Crippen molar-refractivity contribution in [2.45, 2.75) is 49.1 Å². The predicted molar refractivity (Wildman–Crippen MR) is 82.9 cm³/mol. The fourth-order valence-corrected chi connectivity index (χ4v) is 3.20. The quantitative estimate of drug-likeness (QED) is 0.454. The van der Waals surface area contributed by atoms with Gasteiger partial charge >= 0.3 is 5.97 Å². The number of halogens is 1. The molecule has 0 heterocycles. The van der Waals surface area contributed by atoms with E-state index in [0.29, 0.717) is 6.04 Å². The maximum absolute atomic E-state index is 13.1. The highest BCUT2D eigenvalue weighted by Gasteiger charge is 2.38. The van der Waals surface area contributed by atoms with Crippen LogP contribution in [-0.4, -0.2) is 30.4 Å². The summed E-state index contributed by atoms with van der Waals surface area (Å²) < 4.78 is 18.0. The Balaban J connectivity index is 1.80. The highest BCUT2D eigenvalue weighted by atomic mass is 32.2. The summed E-state index contributed by atoms with van der Waals surface area (Å²) >= 11 is 1.61. The van der Waals surface area contributed by atoms with Crippen LogP contribution in [0.25, 0.3) is 0 Å². The van der Waals surface area contributed by atoms with Crippen molar-refractivity contribution in [3.8, 4) is 0 Å². The van der Waals surface area contributed by atoms with Gasteiger partial charge in [0.2, 0.25) is 0 Å². The lowest BCUT2D eigenvalue weighted by molar-refractivity contribution is -0.148. The molecule has 1 fully saturated rings. The highest BCUT2D eigenvalue weighted by Crippen LogP contribution is 2.27. The zero-order chi connectivity index (χ0) is 15.3. The fourth-order valence-electron chi connectivity index (χ4n) is 2.31. The van der Waals surface area contributed by atoms with Crippen LogP contribution in [-0.2, 0) is 9.53 Å². The molecule has 1 aliphatic carbocycles. The van der Waals surface area contributed by atoms with E-state index in [0.717, 1.165) is 36.3 Å². The molecule has 0 bridgehead atoms. The zero-order valence-corrected chi connectivity index (χ0v) is 13.3. The first kappa shape index (κ1) is 16.3.